The molecule has 0 aliphatic rings. The molecule has 0 amide bonds. The number of aryl methyl sites for hydroxylation is 1. The fourth-order valence-electron chi connectivity index (χ4n) is 2.05. The number of rotatable bonds is 4. The molecule has 0 bridgehead atoms. The molecule has 2 rings (SSSR count). The fourth-order valence-corrected chi connectivity index (χ4v) is 2.05. The van der Waals surface area contributed by atoms with Crippen LogP contribution in [0.5, 0.6) is 0 Å². The Morgan fingerprint density at radius 1 is 1.26 bits per heavy atom. The highest BCUT2D eigenvalue weighted by Gasteiger charge is 2.04. The van der Waals surface area contributed by atoms with Gasteiger partial charge in [-0.2, -0.15) is 0 Å². The standard InChI is InChI=1S/C16H21N3/c1-12(2)7-5-8-13(3)11-15-17-18-16-14(4)9-6-10-19(15)16/h6-7,9-11H,5,8H2,1-4H3/b13-11+. The summed E-state index contributed by atoms with van der Waals surface area (Å²) >= 11 is 0. The van der Waals surface area contributed by atoms with E-state index in [1.165, 1.54) is 11.1 Å². The summed E-state index contributed by atoms with van der Waals surface area (Å²) in [5.74, 6) is 0.911. The summed E-state index contributed by atoms with van der Waals surface area (Å²) in [5, 5.41) is 8.50. The molecule has 2 aromatic heterocycles. The van der Waals surface area contributed by atoms with Crippen LogP contribution in [0.15, 0.2) is 35.6 Å². The average molecular weight is 255 g/mol. The molecule has 0 unspecified atom stereocenters. The highest BCUT2D eigenvalue weighted by molar-refractivity contribution is 5.53. The third-order valence-corrected chi connectivity index (χ3v) is 3.12. The maximum Gasteiger partial charge on any atom is 0.163 e. The smallest absolute Gasteiger partial charge is 0.163 e. The molecule has 0 aliphatic carbocycles. The molecule has 0 spiro atoms. The van der Waals surface area contributed by atoms with Gasteiger partial charge in [0.15, 0.2) is 11.5 Å². The van der Waals surface area contributed by atoms with Crippen molar-refractivity contribution in [2.45, 2.75) is 40.5 Å². The van der Waals surface area contributed by atoms with E-state index >= 15 is 0 Å². The summed E-state index contributed by atoms with van der Waals surface area (Å²) in [4.78, 5) is 0. The van der Waals surface area contributed by atoms with Crippen LogP contribution >= 0.6 is 0 Å². The molecule has 0 saturated carbocycles. The monoisotopic (exact) mass is 255 g/mol. The molecule has 0 fully saturated rings. The predicted octanol–water partition coefficient (Wildman–Crippen LogP) is 4.19. The first-order valence-electron chi connectivity index (χ1n) is 6.69. The molecule has 0 N–H and O–H groups in total. The molecule has 19 heavy (non-hydrogen) atoms. The van der Waals surface area contributed by atoms with Crippen LogP contribution in [-0.2, 0) is 0 Å². The van der Waals surface area contributed by atoms with Crippen molar-refractivity contribution in [2.24, 2.45) is 0 Å². The molecule has 2 heterocycles. The number of hydrogen-bond acceptors (Lipinski definition) is 2. The van der Waals surface area contributed by atoms with Gasteiger partial charge in [-0.1, -0.05) is 23.3 Å². The Bertz CT molecular complexity index is 628. The Hall–Kier alpha value is -1.90. The third kappa shape index (κ3) is 3.31. The number of nitrogens with zero attached hydrogens (tertiary/aromatic N) is 3. The van der Waals surface area contributed by atoms with E-state index in [0.29, 0.717) is 0 Å². The maximum atomic E-state index is 4.26. The molecular formula is C16H21N3. The van der Waals surface area contributed by atoms with Crippen LogP contribution in [0.2, 0.25) is 0 Å². The zero-order valence-corrected chi connectivity index (χ0v) is 12.1. The van der Waals surface area contributed by atoms with Gasteiger partial charge in [0.05, 0.1) is 0 Å². The molecule has 0 aliphatic heterocycles. The zero-order chi connectivity index (χ0) is 13.8. The topological polar surface area (TPSA) is 30.2 Å². The quantitative estimate of drug-likeness (QED) is 0.767. The third-order valence-electron chi connectivity index (χ3n) is 3.12. The van der Waals surface area contributed by atoms with Crippen LogP contribution in [0.25, 0.3) is 11.7 Å². The Morgan fingerprint density at radius 2 is 2.05 bits per heavy atom. The largest absolute Gasteiger partial charge is 0.283 e. The minimum absolute atomic E-state index is 0.911. The maximum absolute atomic E-state index is 4.26. The molecule has 2 aromatic rings. The molecule has 3 nitrogen and oxygen atoms in total. The second kappa shape index (κ2) is 5.83. The number of allylic oxidation sites excluding steroid dienone is 3. The highest BCUT2D eigenvalue weighted by Crippen LogP contribution is 2.14. The minimum atomic E-state index is 0.911. The van der Waals surface area contributed by atoms with Crippen LogP contribution in [0.4, 0.5) is 0 Å². The van der Waals surface area contributed by atoms with E-state index in [1.54, 1.807) is 0 Å². The highest BCUT2D eigenvalue weighted by atomic mass is 15.2. The van der Waals surface area contributed by atoms with Crippen molar-refractivity contribution < 1.29 is 0 Å². The van der Waals surface area contributed by atoms with Crippen LogP contribution in [0.1, 0.15) is 45.0 Å². The number of aromatic nitrogens is 3. The van der Waals surface area contributed by atoms with E-state index in [1.807, 2.05) is 16.7 Å². The summed E-state index contributed by atoms with van der Waals surface area (Å²) in [6, 6.07) is 4.08. The van der Waals surface area contributed by atoms with Crippen LogP contribution in [0, 0.1) is 6.92 Å². The fraction of sp³-hybridized carbons (Fsp3) is 0.375. The average Bonchev–Trinajstić information content (AvgIpc) is 2.73. The summed E-state index contributed by atoms with van der Waals surface area (Å²) in [6.45, 7) is 8.47. The SMILES string of the molecule is CC(C)=CCC/C(C)=C/c1nnc2c(C)cccn12. The lowest BCUT2D eigenvalue weighted by Crippen LogP contribution is -1.90. The first kappa shape index (κ1) is 13.5. The molecule has 100 valence electrons. The molecule has 0 saturated heterocycles. The Labute approximate surface area is 114 Å². The Morgan fingerprint density at radius 3 is 2.79 bits per heavy atom. The van der Waals surface area contributed by atoms with Crippen LogP contribution in [0.3, 0.4) is 0 Å². The van der Waals surface area contributed by atoms with Gasteiger partial charge in [-0.15, -0.1) is 10.2 Å². The van der Waals surface area contributed by atoms with Gasteiger partial charge in [-0.05, 0) is 58.2 Å². The number of fused-ring (bicyclic) bond motifs is 1. The van der Waals surface area contributed by atoms with E-state index in [2.05, 4.69) is 56.1 Å². The molecule has 3 heteroatoms. The van der Waals surface area contributed by atoms with Crippen molar-refractivity contribution in [3.8, 4) is 0 Å². The van der Waals surface area contributed by atoms with Gasteiger partial charge in [0.25, 0.3) is 0 Å². The van der Waals surface area contributed by atoms with Gasteiger partial charge in [0.1, 0.15) is 0 Å². The lowest BCUT2D eigenvalue weighted by atomic mass is 10.1. The van der Waals surface area contributed by atoms with Crippen molar-refractivity contribution in [2.75, 3.05) is 0 Å². The molecular weight excluding hydrogens is 234 g/mol. The first-order valence-corrected chi connectivity index (χ1v) is 6.69. The lowest BCUT2D eigenvalue weighted by molar-refractivity contribution is 0.968. The number of hydrogen-bond donors (Lipinski definition) is 0. The molecule has 0 aromatic carbocycles. The Kier molecular flexibility index (Phi) is 4.15. The van der Waals surface area contributed by atoms with Crippen molar-refractivity contribution in [1.29, 1.82) is 0 Å². The second-order valence-corrected chi connectivity index (χ2v) is 5.25. The first-order chi connectivity index (χ1) is 9.08. The Balaban J connectivity index is 2.21. The van der Waals surface area contributed by atoms with Crippen LogP contribution < -0.4 is 0 Å². The summed E-state index contributed by atoms with van der Waals surface area (Å²) in [5.41, 5.74) is 4.78. The van der Waals surface area contributed by atoms with Gasteiger partial charge in [0.2, 0.25) is 0 Å². The van der Waals surface area contributed by atoms with Crippen molar-refractivity contribution in [3.05, 3.63) is 46.9 Å². The van der Waals surface area contributed by atoms with E-state index in [-0.39, 0.29) is 0 Å². The summed E-state index contributed by atoms with van der Waals surface area (Å²) in [6.07, 6.45) is 8.55. The van der Waals surface area contributed by atoms with Crippen LogP contribution in [-0.4, -0.2) is 14.6 Å². The van der Waals surface area contributed by atoms with Gasteiger partial charge >= 0.3 is 0 Å². The predicted molar refractivity (Wildman–Crippen MR) is 80.0 cm³/mol. The van der Waals surface area contributed by atoms with E-state index in [4.69, 9.17) is 0 Å². The zero-order valence-electron chi connectivity index (χ0n) is 12.1. The van der Waals surface area contributed by atoms with E-state index in [9.17, 15) is 0 Å². The molecule has 0 atom stereocenters. The van der Waals surface area contributed by atoms with E-state index < -0.39 is 0 Å². The normalized spacial score (nSPS) is 11.9. The van der Waals surface area contributed by atoms with Gasteiger partial charge in [0, 0.05) is 6.20 Å². The van der Waals surface area contributed by atoms with Gasteiger partial charge < -0.3 is 0 Å². The minimum Gasteiger partial charge on any atom is -0.283 e. The molecule has 0 radical (unpaired) electrons. The van der Waals surface area contributed by atoms with E-state index in [0.717, 1.165) is 29.9 Å². The second-order valence-electron chi connectivity index (χ2n) is 5.25. The summed E-state index contributed by atoms with van der Waals surface area (Å²) in [7, 11) is 0. The lowest BCUT2D eigenvalue weighted by Gasteiger charge is -2.00. The van der Waals surface area contributed by atoms with Gasteiger partial charge in [-0.25, -0.2) is 0 Å². The van der Waals surface area contributed by atoms with Crippen molar-refractivity contribution >= 4 is 11.7 Å². The van der Waals surface area contributed by atoms with Gasteiger partial charge in [-0.3, -0.25) is 4.40 Å². The number of pyridine rings is 1. The van der Waals surface area contributed by atoms with Crippen molar-refractivity contribution in [1.82, 2.24) is 14.6 Å². The van der Waals surface area contributed by atoms with Crippen molar-refractivity contribution in [3.63, 3.8) is 0 Å². The summed E-state index contributed by atoms with van der Waals surface area (Å²) < 4.78 is 2.04.